The van der Waals surface area contributed by atoms with Crippen LogP contribution < -0.4 is 10.1 Å². The van der Waals surface area contributed by atoms with Crippen LogP contribution in [0.1, 0.15) is 23.2 Å². The molecule has 0 unspecified atom stereocenters. The number of benzene rings is 1. The number of anilines is 1. The molecule has 1 aromatic heterocycles. The number of piperidine rings is 1. The van der Waals surface area contributed by atoms with E-state index in [0.717, 1.165) is 44.1 Å². The third-order valence-electron chi connectivity index (χ3n) is 4.09. The molecule has 1 amide bonds. The highest BCUT2D eigenvalue weighted by Gasteiger charge is 2.19. The summed E-state index contributed by atoms with van der Waals surface area (Å²) in [4.78, 5) is 18.6. The first kappa shape index (κ1) is 17.3. The molecule has 1 N–H and O–H groups in total. The zero-order chi connectivity index (χ0) is 17.8. The van der Waals surface area contributed by atoms with Gasteiger partial charge in [0.25, 0.3) is 5.91 Å². The molecule has 1 fully saturated rings. The average Bonchev–Trinajstić information content (AvgIpc) is 2.59. The van der Waals surface area contributed by atoms with Crippen LogP contribution in [0.2, 0.25) is 0 Å². The molecule has 0 atom stereocenters. The fraction of sp³-hybridized carbons (Fsp3) is 0.333. The Hall–Kier alpha value is -2.54. The molecule has 0 spiro atoms. The topological polar surface area (TPSA) is 54.5 Å². The van der Waals surface area contributed by atoms with E-state index in [1.54, 1.807) is 18.2 Å². The van der Waals surface area contributed by atoms with E-state index in [9.17, 15) is 13.6 Å². The van der Waals surface area contributed by atoms with Gasteiger partial charge in [0.05, 0.1) is 5.56 Å². The molecule has 5 nitrogen and oxygen atoms in total. The predicted molar refractivity (Wildman–Crippen MR) is 89.7 cm³/mol. The smallest absolute Gasteiger partial charge is 0.259 e. The standard InChI is InChI=1S/C18H19F2N3O2/c1-23-9-7-13(8-10-23)25-17-4-2-3-16(21-17)22-18(24)14-11-12(19)5-6-15(14)20/h2-6,11,13H,7-10H2,1H3,(H,21,22,24). The summed E-state index contributed by atoms with van der Waals surface area (Å²) < 4.78 is 32.7. The van der Waals surface area contributed by atoms with E-state index in [2.05, 4.69) is 22.2 Å². The lowest BCUT2D eigenvalue weighted by Crippen LogP contribution is -2.35. The molecular weight excluding hydrogens is 328 g/mol. The number of carbonyl (C=O) groups excluding carboxylic acids is 1. The molecule has 1 aliphatic rings. The first-order chi connectivity index (χ1) is 12.0. The SMILES string of the molecule is CN1CCC(Oc2cccc(NC(=O)c3cc(F)ccc3F)n2)CC1. The largest absolute Gasteiger partial charge is 0.474 e. The van der Waals surface area contributed by atoms with Crippen molar-refractivity contribution in [3.63, 3.8) is 0 Å². The van der Waals surface area contributed by atoms with Crippen LogP contribution in [0.5, 0.6) is 5.88 Å². The Morgan fingerprint density at radius 3 is 2.76 bits per heavy atom. The first-order valence-corrected chi connectivity index (χ1v) is 8.10. The van der Waals surface area contributed by atoms with Gasteiger partial charge in [-0.2, -0.15) is 4.98 Å². The molecule has 3 rings (SSSR count). The van der Waals surface area contributed by atoms with Crippen LogP contribution in [0.3, 0.4) is 0 Å². The molecular formula is C18H19F2N3O2. The minimum atomic E-state index is -0.794. The Morgan fingerprint density at radius 2 is 2.00 bits per heavy atom. The fourth-order valence-electron chi connectivity index (χ4n) is 2.68. The maximum absolute atomic E-state index is 13.7. The lowest BCUT2D eigenvalue weighted by atomic mass is 10.1. The molecule has 1 saturated heterocycles. The molecule has 1 aromatic carbocycles. The highest BCUT2D eigenvalue weighted by molar-refractivity contribution is 6.03. The van der Waals surface area contributed by atoms with Gasteiger partial charge in [0.2, 0.25) is 5.88 Å². The van der Waals surface area contributed by atoms with Crippen molar-refractivity contribution in [1.82, 2.24) is 9.88 Å². The van der Waals surface area contributed by atoms with Crippen LogP contribution in [0.25, 0.3) is 0 Å². The number of amides is 1. The van der Waals surface area contributed by atoms with Gasteiger partial charge in [0, 0.05) is 19.2 Å². The highest BCUT2D eigenvalue weighted by Crippen LogP contribution is 2.19. The lowest BCUT2D eigenvalue weighted by molar-refractivity contribution is 0.102. The Morgan fingerprint density at radius 1 is 1.24 bits per heavy atom. The van der Waals surface area contributed by atoms with Crippen LogP contribution in [0.4, 0.5) is 14.6 Å². The molecule has 132 valence electrons. The van der Waals surface area contributed by atoms with Crippen LogP contribution in [-0.2, 0) is 0 Å². The molecule has 0 radical (unpaired) electrons. The van der Waals surface area contributed by atoms with Crippen LogP contribution in [0.15, 0.2) is 36.4 Å². The minimum Gasteiger partial charge on any atom is -0.474 e. The van der Waals surface area contributed by atoms with E-state index >= 15 is 0 Å². The van der Waals surface area contributed by atoms with Gasteiger partial charge in [-0.1, -0.05) is 6.07 Å². The maximum atomic E-state index is 13.7. The number of hydrogen-bond acceptors (Lipinski definition) is 4. The number of carbonyl (C=O) groups is 1. The van der Waals surface area contributed by atoms with Gasteiger partial charge >= 0.3 is 0 Å². The van der Waals surface area contributed by atoms with E-state index < -0.39 is 17.5 Å². The van der Waals surface area contributed by atoms with Gasteiger partial charge in [-0.05, 0) is 44.2 Å². The van der Waals surface area contributed by atoms with E-state index in [1.807, 2.05) is 0 Å². The molecule has 0 saturated carbocycles. The zero-order valence-corrected chi connectivity index (χ0v) is 13.8. The van der Waals surface area contributed by atoms with Gasteiger partial charge in [-0.3, -0.25) is 4.79 Å². The van der Waals surface area contributed by atoms with Crippen molar-refractivity contribution >= 4 is 11.7 Å². The second-order valence-electron chi connectivity index (χ2n) is 6.06. The van der Waals surface area contributed by atoms with Gasteiger partial charge in [0.1, 0.15) is 23.6 Å². The quantitative estimate of drug-likeness (QED) is 0.923. The summed E-state index contributed by atoms with van der Waals surface area (Å²) in [7, 11) is 2.07. The normalized spacial score (nSPS) is 15.8. The molecule has 0 bridgehead atoms. The van der Waals surface area contributed by atoms with Crippen LogP contribution in [0, 0.1) is 11.6 Å². The Balaban J connectivity index is 1.67. The van der Waals surface area contributed by atoms with Crippen molar-refractivity contribution in [1.29, 1.82) is 0 Å². The molecule has 2 aromatic rings. The fourth-order valence-corrected chi connectivity index (χ4v) is 2.68. The number of halogens is 2. The van der Waals surface area contributed by atoms with E-state index in [1.165, 1.54) is 0 Å². The Kier molecular flexibility index (Phi) is 5.23. The molecule has 7 heteroatoms. The van der Waals surface area contributed by atoms with Crippen molar-refractivity contribution in [3.05, 3.63) is 53.6 Å². The molecule has 25 heavy (non-hydrogen) atoms. The summed E-state index contributed by atoms with van der Waals surface area (Å²) in [5, 5.41) is 2.47. The van der Waals surface area contributed by atoms with Crippen molar-refractivity contribution in [2.45, 2.75) is 18.9 Å². The summed E-state index contributed by atoms with van der Waals surface area (Å²) in [6, 6.07) is 7.68. The van der Waals surface area contributed by atoms with E-state index in [0.29, 0.717) is 5.88 Å². The van der Waals surface area contributed by atoms with Crippen molar-refractivity contribution in [2.75, 3.05) is 25.5 Å². The number of rotatable bonds is 4. The third kappa shape index (κ3) is 4.51. The summed E-state index contributed by atoms with van der Waals surface area (Å²) in [5.74, 6) is -1.62. The second-order valence-corrected chi connectivity index (χ2v) is 6.06. The number of likely N-dealkylation sites (tertiary alicyclic amines) is 1. The summed E-state index contributed by atoms with van der Waals surface area (Å²) in [6.07, 6.45) is 1.89. The number of ether oxygens (including phenoxy) is 1. The summed E-state index contributed by atoms with van der Waals surface area (Å²) >= 11 is 0. The van der Waals surface area contributed by atoms with Crippen molar-refractivity contribution in [2.24, 2.45) is 0 Å². The average molecular weight is 347 g/mol. The van der Waals surface area contributed by atoms with Crippen molar-refractivity contribution in [3.8, 4) is 5.88 Å². The predicted octanol–water partition coefficient (Wildman–Crippen LogP) is 3.09. The van der Waals surface area contributed by atoms with E-state index in [-0.39, 0.29) is 17.5 Å². The lowest BCUT2D eigenvalue weighted by Gasteiger charge is -2.28. The van der Waals surface area contributed by atoms with Gasteiger partial charge in [0.15, 0.2) is 0 Å². The second kappa shape index (κ2) is 7.57. The number of pyridine rings is 1. The Bertz CT molecular complexity index is 762. The monoisotopic (exact) mass is 347 g/mol. The van der Waals surface area contributed by atoms with Crippen LogP contribution >= 0.6 is 0 Å². The Labute approximate surface area is 144 Å². The number of nitrogens with one attached hydrogen (secondary N) is 1. The summed E-state index contributed by atoms with van der Waals surface area (Å²) in [5.41, 5.74) is -0.372. The summed E-state index contributed by atoms with van der Waals surface area (Å²) in [6.45, 7) is 1.92. The third-order valence-corrected chi connectivity index (χ3v) is 4.09. The number of hydrogen-bond donors (Lipinski definition) is 1. The van der Waals surface area contributed by atoms with Gasteiger partial charge < -0.3 is 15.0 Å². The van der Waals surface area contributed by atoms with E-state index in [4.69, 9.17) is 4.74 Å². The maximum Gasteiger partial charge on any atom is 0.259 e. The molecule has 1 aliphatic heterocycles. The molecule has 2 heterocycles. The molecule has 0 aliphatic carbocycles. The minimum absolute atomic E-state index is 0.0790. The highest BCUT2D eigenvalue weighted by atomic mass is 19.1. The van der Waals surface area contributed by atoms with Crippen LogP contribution in [-0.4, -0.2) is 42.0 Å². The zero-order valence-electron chi connectivity index (χ0n) is 13.8. The number of aromatic nitrogens is 1. The van der Waals surface area contributed by atoms with Crippen molar-refractivity contribution < 1.29 is 18.3 Å². The van der Waals surface area contributed by atoms with Gasteiger partial charge in [-0.25, -0.2) is 8.78 Å². The van der Waals surface area contributed by atoms with Gasteiger partial charge in [-0.15, -0.1) is 0 Å². The number of nitrogens with zero attached hydrogens (tertiary/aromatic N) is 2. The first-order valence-electron chi connectivity index (χ1n) is 8.10.